The number of carbonyl (C=O) groups is 2. The molecule has 1 aromatic heterocycles. The summed E-state index contributed by atoms with van der Waals surface area (Å²) in [5.74, 6) is -0.608. The fourth-order valence-corrected chi connectivity index (χ4v) is 1.48. The summed E-state index contributed by atoms with van der Waals surface area (Å²) in [5.41, 5.74) is 5.00. The molecule has 0 saturated heterocycles. The van der Waals surface area contributed by atoms with Gasteiger partial charge in [0.1, 0.15) is 5.82 Å². The van der Waals surface area contributed by atoms with Crippen molar-refractivity contribution in [3.63, 3.8) is 0 Å². The second kappa shape index (κ2) is 4.17. The highest BCUT2D eigenvalue weighted by Gasteiger charge is 2.07. The number of aromatic nitrogens is 1. The maximum Gasteiger partial charge on any atom is 0.411 e. The minimum absolute atomic E-state index is 0.0487. The zero-order valence-corrected chi connectivity index (χ0v) is 8.51. The first-order valence-corrected chi connectivity index (χ1v) is 4.62. The Morgan fingerprint density at radius 2 is 2.18 bits per heavy atom. The van der Waals surface area contributed by atoms with Crippen molar-refractivity contribution >= 4 is 23.2 Å². The van der Waals surface area contributed by atoms with Crippen molar-refractivity contribution in [2.45, 2.75) is 0 Å². The number of nitrogens with two attached hydrogens (primary N) is 1. The van der Waals surface area contributed by atoms with E-state index < -0.39 is 11.9 Å². The first-order chi connectivity index (χ1) is 8.10. The molecule has 5 nitrogen and oxygen atoms in total. The molecule has 0 unspecified atom stereocenters. The van der Waals surface area contributed by atoms with Gasteiger partial charge in [0.15, 0.2) is 6.29 Å². The lowest BCUT2D eigenvalue weighted by Gasteiger charge is -2.04. The number of halogens is 1. The van der Waals surface area contributed by atoms with Gasteiger partial charge in [-0.15, -0.1) is 0 Å². The molecule has 0 fully saturated rings. The van der Waals surface area contributed by atoms with Crippen LogP contribution >= 0.6 is 0 Å². The Kier molecular flexibility index (Phi) is 2.70. The molecule has 0 aliphatic rings. The zero-order chi connectivity index (χ0) is 12.4. The van der Waals surface area contributed by atoms with Gasteiger partial charge in [-0.25, -0.2) is 14.2 Å². The van der Waals surface area contributed by atoms with E-state index in [9.17, 15) is 14.0 Å². The van der Waals surface area contributed by atoms with Crippen LogP contribution < -0.4 is 10.5 Å². The summed E-state index contributed by atoms with van der Waals surface area (Å²) in [6.45, 7) is 0. The van der Waals surface area contributed by atoms with Crippen molar-refractivity contribution in [1.29, 1.82) is 0 Å². The largest absolute Gasteiger partial charge is 0.411 e. The summed E-state index contributed by atoms with van der Waals surface area (Å²) in [7, 11) is 0. The van der Waals surface area contributed by atoms with E-state index >= 15 is 0 Å². The number of fused-ring (bicyclic) bond motifs is 1. The third kappa shape index (κ3) is 2.20. The monoisotopic (exact) mass is 234 g/mol. The van der Waals surface area contributed by atoms with Crippen LogP contribution in [0.5, 0.6) is 5.88 Å². The van der Waals surface area contributed by atoms with Crippen LogP contribution in [0.25, 0.3) is 10.8 Å². The predicted molar refractivity (Wildman–Crippen MR) is 57.3 cm³/mol. The van der Waals surface area contributed by atoms with Gasteiger partial charge in [0, 0.05) is 23.2 Å². The smallest absolute Gasteiger partial charge is 0.391 e. The normalized spacial score (nSPS) is 10.2. The topological polar surface area (TPSA) is 82.3 Å². The molecule has 0 spiro atoms. The second-order valence-corrected chi connectivity index (χ2v) is 3.28. The molecule has 0 aliphatic carbocycles. The van der Waals surface area contributed by atoms with Crippen LogP contribution in [0.4, 0.5) is 9.18 Å². The molecular weight excluding hydrogens is 227 g/mol. The number of pyridine rings is 1. The molecule has 2 rings (SSSR count). The Balaban J connectivity index is 2.61. The van der Waals surface area contributed by atoms with E-state index in [1.807, 2.05) is 0 Å². The summed E-state index contributed by atoms with van der Waals surface area (Å²) in [5, 5.41) is 0.872. The van der Waals surface area contributed by atoms with Crippen molar-refractivity contribution in [2.75, 3.05) is 0 Å². The molecule has 1 heterocycles. The lowest BCUT2D eigenvalue weighted by atomic mass is 10.1. The molecular formula is C11H7FN2O3. The van der Waals surface area contributed by atoms with E-state index in [2.05, 4.69) is 9.72 Å². The second-order valence-electron chi connectivity index (χ2n) is 3.28. The molecule has 17 heavy (non-hydrogen) atoms. The van der Waals surface area contributed by atoms with E-state index in [0.29, 0.717) is 17.1 Å². The molecule has 86 valence electrons. The van der Waals surface area contributed by atoms with Crippen LogP contribution in [0, 0.1) is 5.82 Å². The molecule has 0 atom stereocenters. The Hall–Kier alpha value is -2.50. The van der Waals surface area contributed by atoms with Crippen molar-refractivity contribution in [3.8, 4) is 5.88 Å². The number of ether oxygens (including phenoxy) is 1. The first-order valence-electron chi connectivity index (χ1n) is 4.62. The van der Waals surface area contributed by atoms with E-state index in [0.717, 1.165) is 6.07 Å². The Morgan fingerprint density at radius 3 is 2.82 bits per heavy atom. The van der Waals surface area contributed by atoms with Crippen LogP contribution in [0.2, 0.25) is 0 Å². The minimum atomic E-state index is -1.01. The predicted octanol–water partition coefficient (Wildman–Crippen LogP) is 1.64. The maximum absolute atomic E-state index is 13.2. The van der Waals surface area contributed by atoms with Gasteiger partial charge < -0.3 is 10.5 Å². The molecule has 0 radical (unpaired) electrons. The number of amides is 1. The average molecular weight is 234 g/mol. The summed E-state index contributed by atoms with van der Waals surface area (Å²) in [4.78, 5) is 25.0. The zero-order valence-electron chi connectivity index (χ0n) is 8.51. The van der Waals surface area contributed by atoms with Gasteiger partial charge in [0.05, 0.1) is 0 Å². The fourth-order valence-electron chi connectivity index (χ4n) is 1.48. The van der Waals surface area contributed by atoms with Crippen LogP contribution in [0.15, 0.2) is 24.4 Å². The molecule has 2 aromatic rings. The lowest BCUT2D eigenvalue weighted by molar-refractivity contribution is 0.112. The van der Waals surface area contributed by atoms with Gasteiger partial charge in [0.25, 0.3) is 0 Å². The van der Waals surface area contributed by atoms with Gasteiger partial charge in [-0.05, 0) is 17.5 Å². The van der Waals surface area contributed by atoms with E-state index in [4.69, 9.17) is 5.73 Å². The molecule has 0 aliphatic heterocycles. The standard InChI is InChI=1S/C11H7FN2O3/c12-8-1-6-3-10(17-11(13)16)14-4-9(6)7(2-8)5-15/h1-5H,(H2,13,16). The highest BCUT2D eigenvalue weighted by Crippen LogP contribution is 2.22. The number of aldehydes is 1. The Morgan fingerprint density at radius 1 is 1.41 bits per heavy atom. The molecule has 0 saturated carbocycles. The van der Waals surface area contributed by atoms with Crippen LogP contribution in [0.3, 0.4) is 0 Å². The molecule has 2 N–H and O–H groups in total. The van der Waals surface area contributed by atoms with Crippen molar-refractivity contribution in [2.24, 2.45) is 5.73 Å². The van der Waals surface area contributed by atoms with E-state index in [-0.39, 0.29) is 11.4 Å². The fraction of sp³-hybridized carbons (Fsp3) is 0. The average Bonchev–Trinajstić information content (AvgIpc) is 2.26. The quantitative estimate of drug-likeness (QED) is 0.801. The lowest BCUT2D eigenvalue weighted by Crippen LogP contribution is -2.16. The van der Waals surface area contributed by atoms with Gasteiger partial charge in [0.2, 0.25) is 5.88 Å². The Bertz CT molecular complexity index is 613. The molecule has 1 amide bonds. The van der Waals surface area contributed by atoms with Crippen molar-refractivity contribution in [3.05, 3.63) is 35.8 Å². The first kappa shape index (κ1) is 11.0. The van der Waals surface area contributed by atoms with Gasteiger partial charge >= 0.3 is 6.09 Å². The van der Waals surface area contributed by atoms with Crippen LogP contribution in [-0.2, 0) is 0 Å². The molecule has 1 aromatic carbocycles. The highest BCUT2D eigenvalue weighted by atomic mass is 19.1. The van der Waals surface area contributed by atoms with Gasteiger partial charge in [-0.2, -0.15) is 0 Å². The van der Waals surface area contributed by atoms with Crippen molar-refractivity contribution in [1.82, 2.24) is 4.98 Å². The minimum Gasteiger partial charge on any atom is -0.391 e. The SMILES string of the molecule is NC(=O)Oc1cc2cc(F)cc(C=O)c2cn1. The maximum atomic E-state index is 13.2. The number of benzene rings is 1. The highest BCUT2D eigenvalue weighted by molar-refractivity contribution is 5.98. The van der Waals surface area contributed by atoms with E-state index in [1.165, 1.54) is 18.3 Å². The summed E-state index contributed by atoms with van der Waals surface area (Å²) >= 11 is 0. The third-order valence-corrected chi connectivity index (χ3v) is 2.14. The van der Waals surface area contributed by atoms with Crippen molar-refractivity contribution < 1.29 is 18.7 Å². The number of rotatable bonds is 2. The Labute approximate surface area is 95.0 Å². The number of carbonyl (C=O) groups excluding carboxylic acids is 2. The van der Waals surface area contributed by atoms with Crippen LogP contribution in [0.1, 0.15) is 10.4 Å². The summed E-state index contributed by atoms with van der Waals surface area (Å²) < 4.78 is 17.7. The number of primary amides is 1. The van der Waals surface area contributed by atoms with Gasteiger partial charge in [-0.1, -0.05) is 0 Å². The van der Waals surface area contributed by atoms with E-state index in [1.54, 1.807) is 0 Å². The van der Waals surface area contributed by atoms with Gasteiger partial charge in [-0.3, -0.25) is 4.79 Å². The van der Waals surface area contributed by atoms with Crippen LogP contribution in [-0.4, -0.2) is 17.4 Å². The number of hydrogen-bond donors (Lipinski definition) is 1. The molecule has 0 bridgehead atoms. The third-order valence-electron chi connectivity index (χ3n) is 2.14. The summed E-state index contributed by atoms with van der Waals surface area (Å²) in [6.07, 6.45) is 0.835. The number of hydrogen-bond acceptors (Lipinski definition) is 4. The molecule has 6 heteroatoms. The summed E-state index contributed by atoms with van der Waals surface area (Å²) in [6, 6.07) is 3.64. The number of nitrogens with zero attached hydrogens (tertiary/aromatic N) is 1.